The van der Waals surface area contributed by atoms with Crippen LogP contribution in [0.5, 0.6) is 0 Å². The highest BCUT2D eigenvalue weighted by Crippen LogP contribution is 2.40. The van der Waals surface area contributed by atoms with E-state index < -0.39 is 20.8 Å². The molecule has 1 aromatic carbocycles. The fourth-order valence-electron chi connectivity index (χ4n) is 4.47. The number of amides is 1. The number of hydrogen-bond acceptors (Lipinski definition) is 5. The number of alkyl halides is 3. The van der Waals surface area contributed by atoms with Gasteiger partial charge in [0.15, 0.2) is 0 Å². The largest absolute Gasteiger partial charge is 0.332 e. The summed E-state index contributed by atoms with van der Waals surface area (Å²) in [7, 11) is 0. The van der Waals surface area contributed by atoms with Crippen LogP contribution in [0.2, 0.25) is 0 Å². The quantitative estimate of drug-likeness (QED) is 0.407. The lowest BCUT2D eigenvalue weighted by Crippen LogP contribution is -2.60. The molecule has 0 unspecified atom stereocenters. The molecule has 0 aliphatic carbocycles. The van der Waals surface area contributed by atoms with Gasteiger partial charge in [0, 0.05) is 55.0 Å². The number of halogens is 3. The number of non-ortho nitro benzene ring substituents is 1. The molecule has 1 N–H and O–H groups in total. The van der Waals surface area contributed by atoms with Gasteiger partial charge >= 0.3 is 0 Å². The maximum atomic E-state index is 12.8. The number of piperidine rings is 1. The third kappa shape index (κ3) is 4.57. The van der Waals surface area contributed by atoms with Gasteiger partial charge in [-0.05, 0) is 30.5 Å². The Balaban J connectivity index is 1.56. The van der Waals surface area contributed by atoms with Gasteiger partial charge in [-0.15, -0.1) is 0 Å². The normalized spacial score (nSPS) is 21.8. The van der Waals surface area contributed by atoms with Gasteiger partial charge in [-0.1, -0.05) is 40.9 Å². The number of nitrogens with zero attached hydrogens (tertiary/aromatic N) is 3. The number of pyridine rings is 1. The molecule has 164 valence electrons. The maximum absolute atomic E-state index is 12.8. The highest BCUT2D eigenvalue weighted by atomic mass is 35.6. The summed E-state index contributed by atoms with van der Waals surface area (Å²) >= 11 is 18.7. The van der Waals surface area contributed by atoms with Crippen LogP contribution in [0, 0.1) is 16.0 Å². The fraction of sp³-hybridized carbons (Fsp3) is 0.400. The molecule has 3 atom stereocenters. The molecule has 11 heteroatoms. The van der Waals surface area contributed by atoms with Crippen LogP contribution in [0.1, 0.15) is 28.4 Å². The number of carbonyl (C=O) groups excluding carboxylic acids is 1. The van der Waals surface area contributed by atoms with E-state index in [1.54, 1.807) is 16.7 Å². The molecule has 2 bridgehead atoms. The van der Waals surface area contributed by atoms with E-state index in [2.05, 4.69) is 5.32 Å². The summed E-state index contributed by atoms with van der Waals surface area (Å²) in [5, 5.41) is 13.6. The minimum atomic E-state index is -1.81. The summed E-state index contributed by atoms with van der Waals surface area (Å²) in [6.45, 7) is 1.64. The summed E-state index contributed by atoms with van der Waals surface area (Å²) in [6, 6.07) is 10.4. The van der Waals surface area contributed by atoms with Crippen molar-refractivity contribution >= 4 is 46.4 Å². The van der Waals surface area contributed by atoms with Crippen molar-refractivity contribution in [1.29, 1.82) is 0 Å². The number of nitrogens with one attached hydrogen (secondary N) is 1. The van der Waals surface area contributed by atoms with E-state index >= 15 is 0 Å². The molecule has 0 saturated carbocycles. The topological polar surface area (TPSA) is 97.5 Å². The van der Waals surface area contributed by atoms with Crippen molar-refractivity contribution in [2.24, 2.45) is 5.92 Å². The van der Waals surface area contributed by atoms with Gasteiger partial charge in [-0.3, -0.25) is 24.6 Å². The Morgan fingerprint density at radius 3 is 2.48 bits per heavy atom. The molecular weight excluding hydrogens is 467 g/mol. The van der Waals surface area contributed by atoms with Gasteiger partial charge in [-0.2, -0.15) is 0 Å². The van der Waals surface area contributed by atoms with Gasteiger partial charge in [0.05, 0.1) is 4.92 Å². The predicted octanol–water partition coefficient (Wildman–Crippen LogP) is 3.30. The molecule has 4 rings (SSSR count). The fourth-order valence-corrected chi connectivity index (χ4v) is 5.04. The van der Waals surface area contributed by atoms with Crippen LogP contribution in [0.25, 0.3) is 0 Å². The maximum Gasteiger partial charge on any atom is 0.269 e. The van der Waals surface area contributed by atoms with E-state index in [1.165, 1.54) is 24.3 Å². The van der Waals surface area contributed by atoms with E-state index in [1.807, 2.05) is 11.0 Å². The summed E-state index contributed by atoms with van der Waals surface area (Å²) < 4.78 is -0.00555. The summed E-state index contributed by atoms with van der Waals surface area (Å²) in [5.74, 6) is -0.247. The summed E-state index contributed by atoms with van der Waals surface area (Å²) in [4.78, 5) is 37.2. The number of hydrogen-bond donors (Lipinski definition) is 1. The first kappa shape index (κ1) is 22.1. The third-order valence-corrected chi connectivity index (χ3v) is 6.41. The van der Waals surface area contributed by atoms with E-state index in [0.717, 1.165) is 12.1 Å². The molecule has 2 aliphatic rings. The zero-order chi connectivity index (χ0) is 22.3. The third-order valence-electron chi connectivity index (χ3n) is 5.79. The smallest absolute Gasteiger partial charge is 0.269 e. The Morgan fingerprint density at radius 1 is 1.13 bits per heavy atom. The number of carbonyl (C=O) groups is 1. The van der Waals surface area contributed by atoms with Crippen molar-refractivity contribution in [3.05, 3.63) is 74.2 Å². The predicted molar refractivity (Wildman–Crippen MR) is 118 cm³/mol. The number of rotatable bonds is 4. The molecule has 2 aliphatic heterocycles. The number of likely N-dealkylation sites (tertiary alicyclic amines) is 1. The minimum Gasteiger partial charge on any atom is -0.332 e. The number of nitro groups is 1. The molecule has 2 aromatic rings. The Morgan fingerprint density at radius 2 is 1.84 bits per heavy atom. The van der Waals surface area contributed by atoms with Crippen LogP contribution in [0.4, 0.5) is 5.69 Å². The first-order valence-electron chi connectivity index (χ1n) is 9.69. The zero-order valence-electron chi connectivity index (χ0n) is 16.2. The summed E-state index contributed by atoms with van der Waals surface area (Å²) in [5.41, 5.74) is 1.02. The van der Waals surface area contributed by atoms with E-state index in [-0.39, 0.29) is 28.6 Å². The van der Waals surface area contributed by atoms with Crippen LogP contribution < -0.4 is 10.9 Å². The summed E-state index contributed by atoms with van der Waals surface area (Å²) in [6.07, 6.45) is 0.00973. The number of benzene rings is 1. The van der Waals surface area contributed by atoms with Crippen molar-refractivity contribution in [2.45, 2.75) is 28.8 Å². The van der Waals surface area contributed by atoms with Gasteiger partial charge in [-0.25, -0.2) is 0 Å². The van der Waals surface area contributed by atoms with Crippen LogP contribution in [-0.4, -0.2) is 43.3 Å². The first-order chi connectivity index (χ1) is 14.6. The number of aromatic nitrogens is 1. The number of fused-ring (bicyclic) bond motifs is 4. The van der Waals surface area contributed by atoms with Crippen LogP contribution in [0.15, 0.2) is 47.3 Å². The second-order valence-corrected chi connectivity index (χ2v) is 10.2. The van der Waals surface area contributed by atoms with E-state index in [4.69, 9.17) is 34.8 Å². The highest BCUT2D eigenvalue weighted by molar-refractivity contribution is 6.68. The van der Waals surface area contributed by atoms with Gasteiger partial charge in [0.25, 0.3) is 17.2 Å². The van der Waals surface area contributed by atoms with E-state index in [9.17, 15) is 19.7 Å². The lowest BCUT2D eigenvalue weighted by molar-refractivity contribution is -0.384. The Labute approximate surface area is 192 Å². The average molecular weight is 486 g/mol. The average Bonchev–Trinajstić information content (AvgIpc) is 2.71. The van der Waals surface area contributed by atoms with Gasteiger partial charge < -0.3 is 9.88 Å². The van der Waals surface area contributed by atoms with Crippen molar-refractivity contribution in [3.8, 4) is 0 Å². The van der Waals surface area contributed by atoms with Crippen molar-refractivity contribution in [1.82, 2.24) is 14.8 Å². The second-order valence-electron chi connectivity index (χ2n) is 7.87. The zero-order valence-corrected chi connectivity index (χ0v) is 18.5. The molecule has 0 spiro atoms. The molecule has 0 radical (unpaired) electrons. The van der Waals surface area contributed by atoms with E-state index in [0.29, 0.717) is 19.6 Å². The van der Waals surface area contributed by atoms with Crippen LogP contribution >= 0.6 is 34.8 Å². The van der Waals surface area contributed by atoms with Crippen molar-refractivity contribution in [3.63, 3.8) is 0 Å². The highest BCUT2D eigenvalue weighted by Gasteiger charge is 2.44. The molecule has 3 heterocycles. The molecule has 1 fully saturated rings. The standard InChI is InChI=1S/C20H19Cl3N4O4/c21-20(22,23)19(24-18(29)13-4-6-15(7-5-13)27(30)31)25-9-12-8-14(11-25)16-2-1-3-17(28)26(16)10-12/h1-7,12,14,19H,8-11H2,(H,24,29)/t12-,14-,19-/m1/s1. The molecule has 1 saturated heterocycles. The Hall–Kier alpha value is -2.13. The second kappa shape index (κ2) is 8.43. The van der Waals surface area contributed by atoms with Crippen molar-refractivity contribution < 1.29 is 9.72 Å². The van der Waals surface area contributed by atoms with Gasteiger partial charge in [0.1, 0.15) is 6.17 Å². The van der Waals surface area contributed by atoms with Gasteiger partial charge in [0.2, 0.25) is 3.79 Å². The molecule has 1 amide bonds. The molecule has 1 aromatic heterocycles. The molecule has 31 heavy (non-hydrogen) atoms. The lowest BCUT2D eigenvalue weighted by atomic mass is 9.83. The lowest BCUT2D eigenvalue weighted by Gasteiger charge is -2.47. The Bertz CT molecular complexity index is 1070. The Kier molecular flexibility index (Phi) is 6.00. The first-order valence-corrected chi connectivity index (χ1v) is 10.8. The van der Waals surface area contributed by atoms with Crippen LogP contribution in [-0.2, 0) is 6.54 Å². The molecule has 8 nitrogen and oxygen atoms in total. The minimum absolute atomic E-state index is 0.0231. The van der Waals surface area contributed by atoms with Crippen LogP contribution in [0.3, 0.4) is 0 Å². The molecular formula is C20H19Cl3N4O4. The SMILES string of the molecule is O=C(N[C@H](N1C[C@H]2C[C@H](C1)c1cccc(=O)n1C2)C(Cl)(Cl)Cl)c1ccc([N+](=O)[O-])cc1. The van der Waals surface area contributed by atoms with Crippen molar-refractivity contribution in [2.75, 3.05) is 13.1 Å². The number of nitro benzene ring substituents is 1. The monoisotopic (exact) mass is 484 g/mol.